The van der Waals surface area contributed by atoms with E-state index < -0.39 is 41.9 Å². The van der Waals surface area contributed by atoms with E-state index in [2.05, 4.69) is 26.0 Å². The van der Waals surface area contributed by atoms with Crippen LogP contribution in [0.5, 0.6) is 5.75 Å². The lowest BCUT2D eigenvalue weighted by Gasteiger charge is -2.35. The zero-order valence-corrected chi connectivity index (χ0v) is 20.0. The van der Waals surface area contributed by atoms with E-state index in [4.69, 9.17) is 5.73 Å². The van der Waals surface area contributed by atoms with Crippen LogP contribution in [0, 0.1) is 12.8 Å². The number of benzene rings is 2. The third-order valence-electron chi connectivity index (χ3n) is 5.44. The molecule has 0 fully saturated rings. The third-order valence-corrected chi connectivity index (χ3v) is 5.90. The van der Waals surface area contributed by atoms with Gasteiger partial charge < -0.3 is 20.9 Å². The number of hydrogen-bond donors (Lipinski definition) is 3. The maximum atomic E-state index is 13.0. The van der Waals surface area contributed by atoms with E-state index in [9.17, 15) is 32.7 Å². The van der Waals surface area contributed by atoms with Crippen LogP contribution in [-0.2, 0) is 32.1 Å². The van der Waals surface area contributed by atoms with Gasteiger partial charge in [-0.05, 0) is 43.5 Å². The largest absolute Gasteiger partial charge is 0.507 e. The number of amides is 2. The fourth-order valence-electron chi connectivity index (χ4n) is 3.43. The highest BCUT2D eigenvalue weighted by Crippen LogP contribution is 2.32. The quantitative estimate of drug-likeness (QED) is 0.416. The molecule has 11 heteroatoms. The predicted molar refractivity (Wildman–Crippen MR) is 120 cm³/mol. The van der Waals surface area contributed by atoms with Crippen molar-refractivity contribution in [1.29, 1.82) is 0 Å². The molecule has 0 spiro atoms. The molecule has 2 atom stereocenters. The van der Waals surface area contributed by atoms with Crippen LogP contribution < -0.4 is 11.1 Å². The molecule has 1 unspecified atom stereocenters. The molecule has 7 nitrogen and oxygen atoms in total. The molecule has 0 aliphatic rings. The molecule has 2 aromatic carbocycles. The van der Waals surface area contributed by atoms with Crippen molar-refractivity contribution in [2.24, 2.45) is 11.7 Å². The van der Waals surface area contributed by atoms with Crippen LogP contribution in [0.3, 0.4) is 0 Å². The number of halogens is 4. The van der Waals surface area contributed by atoms with E-state index in [1.807, 2.05) is 0 Å². The SMILES string of the molecule is Cc1cc(Br)cc(CNC(=O)[C@@H](C)C(CCc2ccccc2)(OC(=O)C(F)(F)F)C(N)=O)c1O. The van der Waals surface area contributed by atoms with Crippen LogP contribution in [0.15, 0.2) is 46.9 Å². The zero-order chi connectivity index (χ0) is 25.7. The highest BCUT2D eigenvalue weighted by molar-refractivity contribution is 9.10. The number of hydrogen-bond acceptors (Lipinski definition) is 5. The van der Waals surface area contributed by atoms with Gasteiger partial charge in [0, 0.05) is 23.0 Å². The summed E-state index contributed by atoms with van der Waals surface area (Å²) in [5.41, 5.74) is 4.35. The molecule has 2 aromatic rings. The number of ether oxygens (including phenoxy) is 1. The number of primary amides is 1. The molecule has 2 rings (SSSR count). The van der Waals surface area contributed by atoms with Crippen molar-refractivity contribution in [3.05, 3.63) is 63.6 Å². The molecule has 0 saturated heterocycles. The number of nitrogens with one attached hydrogen (secondary N) is 1. The van der Waals surface area contributed by atoms with Crippen LogP contribution in [0.1, 0.15) is 30.0 Å². The number of nitrogens with two attached hydrogens (primary N) is 1. The lowest BCUT2D eigenvalue weighted by atomic mass is 9.81. The summed E-state index contributed by atoms with van der Waals surface area (Å²) >= 11 is 3.27. The number of phenolic OH excluding ortho intramolecular Hbond substituents is 1. The molecular formula is C23H24BrF3N2O5. The van der Waals surface area contributed by atoms with Gasteiger partial charge in [0.15, 0.2) is 0 Å². The second-order valence-electron chi connectivity index (χ2n) is 7.80. The Balaban J connectivity index is 2.33. The summed E-state index contributed by atoms with van der Waals surface area (Å²) in [5, 5.41) is 12.7. The van der Waals surface area contributed by atoms with Crippen molar-refractivity contribution in [1.82, 2.24) is 5.32 Å². The number of aromatic hydroxyl groups is 1. The van der Waals surface area contributed by atoms with Crippen molar-refractivity contribution in [3.63, 3.8) is 0 Å². The molecule has 0 aromatic heterocycles. The van der Waals surface area contributed by atoms with Crippen LogP contribution in [0.2, 0.25) is 0 Å². The smallest absolute Gasteiger partial charge is 0.490 e. The first kappa shape index (κ1) is 27.2. The molecule has 0 bridgehead atoms. The number of carbonyl (C=O) groups excluding carboxylic acids is 3. The van der Waals surface area contributed by atoms with Gasteiger partial charge in [-0.3, -0.25) is 9.59 Å². The van der Waals surface area contributed by atoms with Crippen molar-refractivity contribution in [2.45, 2.75) is 45.0 Å². The molecule has 34 heavy (non-hydrogen) atoms. The van der Waals surface area contributed by atoms with Crippen molar-refractivity contribution < 1.29 is 37.4 Å². The molecule has 2 amide bonds. The average Bonchev–Trinajstić information content (AvgIpc) is 2.77. The summed E-state index contributed by atoms with van der Waals surface area (Å²) in [6.07, 6.45) is -5.84. The summed E-state index contributed by atoms with van der Waals surface area (Å²) < 4.78 is 44.3. The van der Waals surface area contributed by atoms with E-state index in [-0.39, 0.29) is 18.7 Å². The first-order chi connectivity index (χ1) is 15.8. The maximum absolute atomic E-state index is 13.0. The predicted octanol–water partition coefficient (Wildman–Crippen LogP) is 3.68. The minimum absolute atomic E-state index is 0.0121. The average molecular weight is 545 g/mol. The monoisotopic (exact) mass is 544 g/mol. The molecule has 184 valence electrons. The van der Waals surface area contributed by atoms with E-state index in [1.54, 1.807) is 49.4 Å². The summed E-state index contributed by atoms with van der Waals surface area (Å²) in [4.78, 5) is 37.0. The van der Waals surface area contributed by atoms with E-state index in [0.29, 0.717) is 21.2 Å². The van der Waals surface area contributed by atoms with Gasteiger partial charge in [0.1, 0.15) is 5.75 Å². The Kier molecular flexibility index (Phi) is 8.71. The van der Waals surface area contributed by atoms with Crippen LogP contribution in [0.25, 0.3) is 0 Å². The first-order valence-corrected chi connectivity index (χ1v) is 11.0. The van der Waals surface area contributed by atoms with Crippen molar-refractivity contribution in [3.8, 4) is 5.75 Å². The van der Waals surface area contributed by atoms with Crippen molar-refractivity contribution >= 4 is 33.7 Å². The van der Waals surface area contributed by atoms with Gasteiger partial charge in [-0.1, -0.05) is 46.3 Å². The highest BCUT2D eigenvalue weighted by atomic mass is 79.9. The Morgan fingerprint density at radius 2 is 1.79 bits per heavy atom. The topological polar surface area (TPSA) is 119 Å². The molecule has 4 N–H and O–H groups in total. The number of carbonyl (C=O) groups is 3. The van der Waals surface area contributed by atoms with Gasteiger partial charge in [-0.2, -0.15) is 13.2 Å². The lowest BCUT2D eigenvalue weighted by Crippen LogP contribution is -2.58. The van der Waals surface area contributed by atoms with Gasteiger partial charge in [-0.25, -0.2) is 4.79 Å². The fourth-order valence-corrected chi connectivity index (χ4v) is 4.05. The number of aryl methyl sites for hydroxylation is 2. The number of rotatable bonds is 9. The minimum atomic E-state index is -5.40. The summed E-state index contributed by atoms with van der Waals surface area (Å²) in [7, 11) is 0. The van der Waals surface area contributed by atoms with Gasteiger partial charge >= 0.3 is 12.1 Å². The molecule has 0 aliphatic carbocycles. The van der Waals surface area contributed by atoms with Crippen molar-refractivity contribution in [2.75, 3.05) is 0 Å². The Morgan fingerprint density at radius 1 is 1.18 bits per heavy atom. The van der Waals surface area contributed by atoms with Gasteiger partial charge in [0.2, 0.25) is 11.5 Å². The molecule has 0 aliphatic heterocycles. The second-order valence-corrected chi connectivity index (χ2v) is 8.71. The number of alkyl halides is 3. The normalized spacial score (nSPS) is 14.1. The van der Waals surface area contributed by atoms with Crippen LogP contribution in [-0.4, -0.2) is 34.7 Å². The minimum Gasteiger partial charge on any atom is -0.507 e. The number of esters is 1. The molecule has 0 heterocycles. The van der Waals surface area contributed by atoms with E-state index >= 15 is 0 Å². The fraction of sp³-hybridized carbons (Fsp3) is 0.348. The Labute approximate surface area is 202 Å². The third kappa shape index (κ3) is 6.49. The maximum Gasteiger partial charge on any atom is 0.490 e. The molecule has 0 radical (unpaired) electrons. The van der Waals surface area contributed by atoms with Gasteiger partial charge in [0.05, 0.1) is 5.92 Å². The van der Waals surface area contributed by atoms with Gasteiger partial charge in [0.25, 0.3) is 5.91 Å². The van der Waals surface area contributed by atoms with Crippen LogP contribution in [0.4, 0.5) is 13.2 Å². The van der Waals surface area contributed by atoms with E-state index in [1.165, 1.54) is 0 Å². The number of phenols is 1. The zero-order valence-electron chi connectivity index (χ0n) is 18.4. The lowest BCUT2D eigenvalue weighted by molar-refractivity contribution is -0.218. The Morgan fingerprint density at radius 3 is 2.35 bits per heavy atom. The first-order valence-electron chi connectivity index (χ1n) is 10.2. The molecular weight excluding hydrogens is 521 g/mol. The van der Waals surface area contributed by atoms with E-state index in [0.717, 1.165) is 6.92 Å². The standard InChI is InChI=1S/C23H24BrF3N2O5/c1-13-10-17(24)11-16(18(13)30)12-29-19(31)14(2)22(20(28)32,34-21(33)23(25,26)27)9-8-15-6-4-3-5-7-15/h3-7,10-11,14,30H,8-9,12H2,1-2H3,(H2,28,32)(H,29,31)/t14-,22?/m1/s1. The second kappa shape index (κ2) is 10.9. The van der Waals surface area contributed by atoms with Gasteiger partial charge in [-0.15, -0.1) is 0 Å². The summed E-state index contributed by atoms with van der Waals surface area (Å²) in [6.45, 7) is 2.60. The summed E-state index contributed by atoms with van der Waals surface area (Å²) in [6, 6.07) is 11.6. The summed E-state index contributed by atoms with van der Waals surface area (Å²) in [5.74, 6) is -6.55. The molecule has 0 saturated carbocycles. The highest BCUT2D eigenvalue weighted by Gasteiger charge is 2.53. The Hall–Kier alpha value is -3.08. The Bertz CT molecular complexity index is 1060. The van der Waals surface area contributed by atoms with Crippen LogP contribution >= 0.6 is 15.9 Å².